The molecule has 26 heavy (non-hydrogen) atoms. The standard InChI is InChI=1S/C17H17F4N3O2/c1-11(25-13-6-4-5-12(18)9-13)10-23-16(22)24-14-7-2-3-8-15(14)26-17(19,20)21/h2-9,11H,10H2,1H3,(H3,22,23,24). The Morgan fingerprint density at radius 1 is 1.19 bits per heavy atom. The molecule has 0 radical (unpaired) electrons. The Balaban J connectivity index is 1.96. The fraction of sp³-hybridized carbons (Fsp3) is 0.235. The maximum absolute atomic E-state index is 13.1. The SMILES string of the molecule is CC(CN=C(N)Nc1ccccc1OC(F)(F)F)Oc1cccc(F)c1. The van der Waals surface area contributed by atoms with Crippen molar-refractivity contribution in [3.8, 4) is 11.5 Å². The molecule has 9 heteroatoms. The molecule has 0 aliphatic heterocycles. The van der Waals surface area contributed by atoms with Gasteiger partial charge in [0.05, 0.1) is 12.2 Å². The molecule has 2 aromatic carbocycles. The summed E-state index contributed by atoms with van der Waals surface area (Å²) in [7, 11) is 0. The Morgan fingerprint density at radius 3 is 2.62 bits per heavy atom. The number of halogens is 4. The van der Waals surface area contributed by atoms with E-state index in [-0.39, 0.29) is 18.2 Å². The summed E-state index contributed by atoms with van der Waals surface area (Å²) in [6, 6.07) is 11.1. The van der Waals surface area contributed by atoms with E-state index in [0.717, 1.165) is 6.07 Å². The number of hydrogen-bond donors (Lipinski definition) is 2. The summed E-state index contributed by atoms with van der Waals surface area (Å²) in [4.78, 5) is 4.00. The van der Waals surface area contributed by atoms with Gasteiger partial charge in [0.1, 0.15) is 17.7 Å². The molecule has 0 fully saturated rings. The van der Waals surface area contributed by atoms with Crippen LogP contribution < -0.4 is 20.5 Å². The number of nitrogens with two attached hydrogens (primary N) is 1. The molecule has 3 N–H and O–H groups in total. The van der Waals surface area contributed by atoms with Crippen LogP contribution in [0.1, 0.15) is 6.92 Å². The molecule has 2 rings (SSSR count). The van der Waals surface area contributed by atoms with E-state index in [9.17, 15) is 17.6 Å². The molecule has 0 aliphatic carbocycles. The van der Waals surface area contributed by atoms with Crippen LogP contribution in [0.4, 0.5) is 23.2 Å². The zero-order valence-electron chi connectivity index (χ0n) is 13.8. The monoisotopic (exact) mass is 371 g/mol. The Labute approximate surface area is 147 Å². The van der Waals surface area contributed by atoms with Gasteiger partial charge in [-0.15, -0.1) is 13.2 Å². The molecule has 0 saturated carbocycles. The second kappa shape index (κ2) is 8.41. The van der Waals surface area contributed by atoms with E-state index >= 15 is 0 Å². The van der Waals surface area contributed by atoms with Crippen molar-refractivity contribution < 1.29 is 27.0 Å². The molecule has 5 nitrogen and oxygen atoms in total. The minimum Gasteiger partial charge on any atom is -0.489 e. The second-order valence-electron chi connectivity index (χ2n) is 5.28. The molecular weight excluding hydrogens is 354 g/mol. The van der Waals surface area contributed by atoms with E-state index in [1.54, 1.807) is 13.0 Å². The molecule has 0 aromatic heterocycles. The Morgan fingerprint density at radius 2 is 1.92 bits per heavy atom. The van der Waals surface area contributed by atoms with Gasteiger partial charge in [-0.3, -0.25) is 0 Å². The maximum atomic E-state index is 13.1. The molecule has 0 heterocycles. The molecule has 140 valence electrons. The summed E-state index contributed by atoms with van der Waals surface area (Å²) < 4.78 is 59.7. The smallest absolute Gasteiger partial charge is 0.489 e. The number of nitrogens with zero attached hydrogens (tertiary/aromatic N) is 1. The number of alkyl halides is 3. The average molecular weight is 371 g/mol. The lowest BCUT2D eigenvalue weighted by Crippen LogP contribution is -2.26. The summed E-state index contributed by atoms with van der Waals surface area (Å²) in [6.45, 7) is 1.81. The predicted octanol–water partition coefficient (Wildman–Crippen LogP) is 3.92. The fourth-order valence-corrected chi connectivity index (χ4v) is 2.00. The number of guanidine groups is 1. The van der Waals surface area contributed by atoms with Crippen LogP contribution in [0, 0.1) is 5.82 Å². The predicted molar refractivity (Wildman–Crippen MR) is 89.7 cm³/mol. The van der Waals surface area contributed by atoms with Crippen LogP contribution in [0.25, 0.3) is 0 Å². The minimum absolute atomic E-state index is 0.0183. The average Bonchev–Trinajstić information content (AvgIpc) is 2.53. The largest absolute Gasteiger partial charge is 0.573 e. The molecule has 2 aromatic rings. The maximum Gasteiger partial charge on any atom is 0.573 e. The Kier molecular flexibility index (Phi) is 6.26. The van der Waals surface area contributed by atoms with E-state index in [0.29, 0.717) is 5.75 Å². The van der Waals surface area contributed by atoms with Crippen molar-refractivity contribution in [1.29, 1.82) is 0 Å². The first-order chi connectivity index (χ1) is 12.2. The van der Waals surface area contributed by atoms with Crippen molar-refractivity contribution in [2.75, 3.05) is 11.9 Å². The second-order valence-corrected chi connectivity index (χ2v) is 5.28. The summed E-state index contributed by atoms with van der Waals surface area (Å²) >= 11 is 0. The van der Waals surface area contributed by atoms with Crippen LogP contribution >= 0.6 is 0 Å². The number of aliphatic imine (C=N–C) groups is 1. The summed E-state index contributed by atoms with van der Waals surface area (Å²) in [5.74, 6) is -0.635. The first-order valence-corrected chi connectivity index (χ1v) is 7.57. The zero-order valence-corrected chi connectivity index (χ0v) is 13.8. The number of rotatable bonds is 6. The molecule has 0 bridgehead atoms. The lowest BCUT2D eigenvalue weighted by Gasteiger charge is -2.15. The van der Waals surface area contributed by atoms with Gasteiger partial charge in [0.25, 0.3) is 0 Å². The van der Waals surface area contributed by atoms with E-state index < -0.39 is 24.0 Å². The number of para-hydroxylation sites is 2. The zero-order chi connectivity index (χ0) is 19.2. The Hall–Kier alpha value is -2.97. The first kappa shape index (κ1) is 19.4. The number of nitrogens with one attached hydrogen (secondary N) is 1. The van der Waals surface area contributed by atoms with Crippen molar-refractivity contribution >= 4 is 11.6 Å². The summed E-state index contributed by atoms with van der Waals surface area (Å²) in [5, 5.41) is 2.55. The number of ether oxygens (including phenoxy) is 2. The van der Waals surface area contributed by atoms with Gasteiger partial charge in [-0.05, 0) is 31.2 Å². The molecule has 0 aliphatic rings. The van der Waals surface area contributed by atoms with Crippen molar-refractivity contribution in [3.63, 3.8) is 0 Å². The highest BCUT2D eigenvalue weighted by atomic mass is 19.4. The van der Waals surface area contributed by atoms with Crippen molar-refractivity contribution in [1.82, 2.24) is 0 Å². The van der Waals surface area contributed by atoms with Crippen LogP contribution in [0.2, 0.25) is 0 Å². The molecular formula is C17H17F4N3O2. The van der Waals surface area contributed by atoms with Gasteiger partial charge in [-0.1, -0.05) is 18.2 Å². The fourth-order valence-electron chi connectivity index (χ4n) is 2.00. The van der Waals surface area contributed by atoms with Gasteiger partial charge in [-0.25, -0.2) is 9.38 Å². The van der Waals surface area contributed by atoms with E-state index in [1.807, 2.05) is 0 Å². The topological polar surface area (TPSA) is 68.9 Å². The lowest BCUT2D eigenvalue weighted by molar-refractivity contribution is -0.274. The minimum atomic E-state index is -4.82. The van der Waals surface area contributed by atoms with Gasteiger partial charge in [0.2, 0.25) is 0 Å². The number of benzene rings is 2. The quantitative estimate of drug-likeness (QED) is 0.459. The van der Waals surface area contributed by atoms with Crippen LogP contribution in [0.15, 0.2) is 53.5 Å². The van der Waals surface area contributed by atoms with Gasteiger partial charge in [0.15, 0.2) is 11.7 Å². The Bertz CT molecular complexity index is 766. The van der Waals surface area contributed by atoms with E-state index in [2.05, 4.69) is 15.0 Å². The van der Waals surface area contributed by atoms with Crippen LogP contribution in [-0.4, -0.2) is 25.0 Å². The van der Waals surface area contributed by atoms with Crippen molar-refractivity contribution in [2.45, 2.75) is 19.4 Å². The third-order valence-electron chi connectivity index (χ3n) is 3.03. The molecule has 1 unspecified atom stereocenters. The van der Waals surface area contributed by atoms with Gasteiger partial charge in [-0.2, -0.15) is 0 Å². The van der Waals surface area contributed by atoms with Crippen molar-refractivity contribution in [3.05, 3.63) is 54.3 Å². The third-order valence-corrected chi connectivity index (χ3v) is 3.03. The van der Waals surface area contributed by atoms with Gasteiger partial charge in [0, 0.05) is 6.07 Å². The van der Waals surface area contributed by atoms with Crippen LogP contribution in [0.3, 0.4) is 0 Å². The molecule has 0 amide bonds. The first-order valence-electron chi connectivity index (χ1n) is 7.57. The normalized spacial score (nSPS) is 13.2. The highest BCUT2D eigenvalue weighted by molar-refractivity contribution is 5.93. The van der Waals surface area contributed by atoms with Crippen molar-refractivity contribution in [2.24, 2.45) is 10.7 Å². The van der Waals surface area contributed by atoms with Crippen LogP contribution in [-0.2, 0) is 0 Å². The molecule has 0 spiro atoms. The summed E-state index contributed by atoms with van der Waals surface area (Å²) in [5.41, 5.74) is 5.71. The molecule has 1 atom stereocenters. The van der Waals surface area contributed by atoms with Crippen LogP contribution in [0.5, 0.6) is 11.5 Å². The van der Waals surface area contributed by atoms with Gasteiger partial charge < -0.3 is 20.5 Å². The number of hydrogen-bond acceptors (Lipinski definition) is 3. The van der Waals surface area contributed by atoms with E-state index in [4.69, 9.17) is 10.5 Å². The lowest BCUT2D eigenvalue weighted by atomic mass is 10.3. The summed E-state index contributed by atoms with van der Waals surface area (Å²) in [6.07, 6.45) is -5.25. The van der Waals surface area contributed by atoms with Gasteiger partial charge >= 0.3 is 6.36 Å². The highest BCUT2D eigenvalue weighted by Gasteiger charge is 2.32. The highest BCUT2D eigenvalue weighted by Crippen LogP contribution is 2.29. The third kappa shape index (κ3) is 6.50. The molecule has 0 saturated heterocycles. The number of anilines is 1. The van der Waals surface area contributed by atoms with E-state index in [1.165, 1.54) is 36.4 Å².